The molecule has 5 aromatic rings. The number of carbonyl (C=O) groups is 1. The lowest BCUT2D eigenvalue weighted by atomic mass is 10.1. The van der Waals surface area contributed by atoms with Gasteiger partial charge in [-0.25, -0.2) is 18.5 Å². The Kier molecular flexibility index (Phi) is 4.11. The number of rotatable bonds is 2. The highest BCUT2D eigenvalue weighted by molar-refractivity contribution is 7.15. The SMILES string of the molecule is CC(=O)n1cc(/C=c2\sc3nc4c(C)cccc4n3c2=O)c(-c2ccc(F)cc2)n1. The Bertz CT molecular complexity index is 1560. The monoisotopic (exact) mass is 418 g/mol. The van der Waals surface area contributed by atoms with Crippen LogP contribution >= 0.6 is 11.3 Å². The second kappa shape index (κ2) is 6.70. The predicted octanol–water partition coefficient (Wildman–Crippen LogP) is 3.43. The third-order valence-corrected chi connectivity index (χ3v) is 5.91. The number of aromatic nitrogens is 4. The first kappa shape index (κ1) is 18.4. The van der Waals surface area contributed by atoms with Crippen molar-refractivity contribution in [1.82, 2.24) is 19.2 Å². The molecule has 5 rings (SSSR count). The van der Waals surface area contributed by atoms with Crippen molar-refractivity contribution in [2.75, 3.05) is 0 Å². The summed E-state index contributed by atoms with van der Waals surface area (Å²) in [4.78, 5) is 30.2. The fraction of sp³-hybridized carbons (Fsp3) is 0.0909. The maximum absolute atomic E-state index is 13.3. The standard InChI is InChI=1S/C22H15FN4O2S/c1-12-4-3-5-17-19(12)24-22-27(17)21(29)18(30-22)10-15-11-26(13(2)28)25-20(15)14-6-8-16(23)9-7-14/h3-11H,1-2H3/b18-10-. The molecule has 0 spiro atoms. The molecule has 148 valence electrons. The van der Waals surface area contributed by atoms with Crippen LogP contribution in [-0.2, 0) is 0 Å². The Balaban J connectivity index is 1.75. The van der Waals surface area contributed by atoms with Crippen molar-refractivity contribution in [1.29, 1.82) is 0 Å². The lowest BCUT2D eigenvalue weighted by Gasteiger charge is -1.98. The second-order valence-corrected chi connectivity index (χ2v) is 8.00. The van der Waals surface area contributed by atoms with Crippen molar-refractivity contribution in [2.24, 2.45) is 0 Å². The quantitative estimate of drug-likeness (QED) is 0.441. The first-order chi connectivity index (χ1) is 14.4. The largest absolute Gasteiger partial charge is 0.274 e. The van der Waals surface area contributed by atoms with Gasteiger partial charge in [-0.15, -0.1) is 0 Å². The minimum absolute atomic E-state index is 0.177. The Morgan fingerprint density at radius 2 is 1.93 bits per heavy atom. The molecule has 0 N–H and O–H groups in total. The molecular formula is C22H15FN4O2S. The van der Waals surface area contributed by atoms with E-state index in [1.807, 2.05) is 25.1 Å². The molecule has 0 radical (unpaired) electrons. The van der Waals surface area contributed by atoms with Crippen LogP contribution in [0.2, 0.25) is 0 Å². The van der Waals surface area contributed by atoms with Crippen molar-refractivity contribution in [3.63, 3.8) is 0 Å². The third kappa shape index (κ3) is 2.84. The van der Waals surface area contributed by atoms with Crippen molar-refractivity contribution in [2.45, 2.75) is 13.8 Å². The minimum atomic E-state index is -0.362. The lowest BCUT2D eigenvalue weighted by molar-refractivity contribution is 0.0921. The number of aryl methyl sites for hydroxylation is 1. The van der Waals surface area contributed by atoms with E-state index in [0.717, 1.165) is 16.6 Å². The van der Waals surface area contributed by atoms with Gasteiger partial charge in [-0.1, -0.05) is 23.5 Å². The molecule has 0 aliphatic rings. The predicted molar refractivity (Wildman–Crippen MR) is 114 cm³/mol. The first-order valence-electron chi connectivity index (χ1n) is 9.21. The van der Waals surface area contributed by atoms with Crippen LogP contribution in [0.15, 0.2) is 53.5 Å². The maximum Gasteiger partial charge on any atom is 0.274 e. The van der Waals surface area contributed by atoms with Gasteiger partial charge in [0.05, 0.1) is 15.6 Å². The molecule has 30 heavy (non-hydrogen) atoms. The molecule has 0 saturated carbocycles. The second-order valence-electron chi connectivity index (χ2n) is 6.99. The molecule has 0 atom stereocenters. The summed E-state index contributed by atoms with van der Waals surface area (Å²) in [6.07, 6.45) is 3.28. The summed E-state index contributed by atoms with van der Waals surface area (Å²) in [5.41, 5.74) is 4.15. The number of nitrogens with zero attached hydrogens (tertiary/aromatic N) is 4. The average Bonchev–Trinajstić information content (AvgIpc) is 3.38. The van der Waals surface area contributed by atoms with E-state index in [0.29, 0.717) is 26.3 Å². The van der Waals surface area contributed by atoms with Gasteiger partial charge in [-0.05, 0) is 48.9 Å². The molecule has 3 heterocycles. The molecule has 0 amide bonds. The van der Waals surface area contributed by atoms with E-state index in [1.54, 1.807) is 28.8 Å². The van der Waals surface area contributed by atoms with Crippen LogP contribution in [0.25, 0.3) is 33.3 Å². The van der Waals surface area contributed by atoms with Crippen LogP contribution in [-0.4, -0.2) is 25.1 Å². The zero-order valence-corrected chi connectivity index (χ0v) is 16.9. The summed E-state index contributed by atoms with van der Waals surface area (Å²) in [6, 6.07) is 11.6. The zero-order chi connectivity index (χ0) is 21.0. The van der Waals surface area contributed by atoms with Gasteiger partial charge in [0.15, 0.2) is 4.96 Å². The third-order valence-electron chi connectivity index (χ3n) is 4.94. The number of fused-ring (bicyclic) bond motifs is 3. The summed E-state index contributed by atoms with van der Waals surface area (Å²) in [5.74, 6) is -0.624. The smallest absolute Gasteiger partial charge is 0.273 e. The van der Waals surface area contributed by atoms with Crippen molar-refractivity contribution in [3.8, 4) is 11.3 Å². The van der Waals surface area contributed by atoms with Gasteiger partial charge in [0.25, 0.3) is 5.56 Å². The molecule has 0 bridgehead atoms. The molecule has 0 aliphatic carbocycles. The van der Waals surface area contributed by atoms with Crippen molar-refractivity contribution in [3.05, 3.63) is 80.5 Å². The Morgan fingerprint density at radius 3 is 2.67 bits per heavy atom. The Labute approximate surface area is 173 Å². The van der Waals surface area contributed by atoms with Crippen molar-refractivity contribution >= 4 is 39.3 Å². The van der Waals surface area contributed by atoms with Crippen LogP contribution < -0.4 is 10.1 Å². The summed E-state index contributed by atoms with van der Waals surface area (Å²) in [5, 5.41) is 4.33. The van der Waals surface area contributed by atoms with Crippen molar-refractivity contribution < 1.29 is 9.18 Å². The van der Waals surface area contributed by atoms with Gasteiger partial charge in [0, 0.05) is 24.2 Å². The molecule has 3 aromatic heterocycles. The van der Waals surface area contributed by atoms with E-state index in [1.165, 1.54) is 35.1 Å². The van der Waals surface area contributed by atoms with E-state index in [9.17, 15) is 14.0 Å². The highest BCUT2D eigenvalue weighted by Gasteiger charge is 2.15. The Morgan fingerprint density at radius 1 is 1.17 bits per heavy atom. The summed E-state index contributed by atoms with van der Waals surface area (Å²) in [6.45, 7) is 3.36. The summed E-state index contributed by atoms with van der Waals surface area (Å²) < 4.78 is 16.6. The molecule has 0 aliphatic heterocycles. The van der Waals surface area contributed by atoms with Crippen LogP contribution in [0.1, 0.15) is 22.8 Å². The topological polar surface area (TPSA) is 69.3 Å². The van der Waals surface area contributed by atoms with E-state index < -0.39 is 0 Å². The summed E-state index contributed by atoms with van der Waals surface area (Å²) in [7, 11) is 0. The Hall–Kier alpha value is -3.65. The van der Waals surface area contributed by atoms with Gasteiger partial charge in [-0.3, -0.25) is 9.59 Å². The maximum atomic E-state index is 13.3. The van der Waals surface area contributed by atoms with Crippen LogP contribution in [0.5, 0.6) is 0 Å². The van der Waals surface area contributed by atoms with E-state index in [2.05, 4.69) is 10.1 Å². The highest BCUT2D eigenvalue weighted by Crippen LogP contribution is 2.24. The number of para-hydroxylation sites is 1. The van der Waals surface area contributed by atoms with E-state index >= 15 is 0 Å². The van der Waals surface area contributed by atoms with Gasteiger partial charge < -0.3 is 0 Å². The fourth-order valence-electron chi connectivity index (χ4n) is 3.45. The van der Waals surface area contributed by atoms with Crippen LogP contribution in [0.4, 0.5) is 4.39 Å². The summed E-state index contributed by atoms with van der Waals surface area (Å²) >= 11 is 1.28. The first-order valence-corrected chi connectivity index (χ1v) is 10.0. The molecule has 0 saturated heterocycles. The molecule has 2 aromatic carbocycles. The number of hydrogen-bond acceptors (Lipinski definition) is 5. The van der Waals surface area contributed by atoms with Gasteiger partial charge in [-0.2, -0.15) is 5.10 Å². The van der Waals surface area contributed by atoms with Crippen LogP contribution in [0.3, 0.4) is 0 Å². The van der Waals surface area contributed by atoms with E-state index in [-0.39, 0.29) is 17.3 Å². The number of thiazole rings is 1. The van der Waals surface area contributed by atoms with E-state index in [4.69, 9.17) is 0 Å². The number of benzene rings is 2. The average molecular weight is 418 g/mol. The fourth-order valence-corrected chi connectivity index (χ4v) is 4.42. The highest BCUT2D eigenvalue weighted by atomic mass is 32.1. The van der Waals surface area contributed by atoms with Gasteiger partial charge in [0.1, 0.15) is 11.5 Å². The normalized spacial score (nSPS) is 12.3. The number of halogens is 1. The zero-order valence-electron chi connectivity index (χ0n) is 16.1. The minimum Gasteiger partial charge on any atom is -0.273 e. The molecule has 8 heteroatoms. The number of carbonyl (C=O) groups excluding carboxylic acids is 1. The lowest BCUT2D eigenvalue weighted by Crippen LogP contribution is -2.22. The molecule has 6 nitrogen and oxygen atoms in total. The van der Waals surface area contributed by atoms with Crippen LogP contribution in [0, 0.1) is 12.7 Å². The van der Waals surface area contributed by atoms with Gasteiger partial charge >= 0.3 is 0 Å². The number of imidazole rings is 1. The number of hydrogen-bond donors (Lipinski definition) is 0. The molecule has 0 fully saturated rings. The van der Waals surface area contributed by atoms with Gasteiger partial charge in [0.2, 0.25) is 5.91 Å². The molecule has 0 unspecified atom stereocenters. The molecular weight excluding hydrogens is 403 g/mol.